The minimum absolute atomic E-state index is 0.0463. The van der Waals surface area contributed by atoms with Crippen molar-refractivity contribution in [3.63, 3.8) is 0 Å². The lowest BCUT2D eigenvalue weighted by molar-refractivity contribution is 0.145. The lowest BCUT2D eigenvalue weighted by Crippen LogP contribution is -2.25. The number of methoxy groups -OCH3 is 1. The number of aromatic hydroxyl groups is 1. The van der Waals surface area contributed by atoms with Gasteiger partial charge < -0.3 is 22.9 Å². The minimum Gasteiger partial charge on any atom is -0.506 e. The van der Waals surface area contributed by atoms with Gasteiger partial charge in [-0.2, -0.15) is 18.8 Å². The number of phenolic OH excluding ortho intramolecular Hbond substituents is 1. The monoisotopic (exact) mass is 815 g/mol. The molecule has 0 saturated carbocycles. The first-order valence-electron chi connectivity index (χ1n) is 17.7. The van der Waals surface area contributed by atoms with Crippen LogP contribution in [0.15, 0.2) is 100.0 Å². The first kappa shape index (κ1) is 42.2. The number of benzene rings is 4. The normalized spacial score (nSPS) is 12.8. The van der Waals surface area contributed by atoms with Crippen LogP contribution in [0.25, 0.3) is 5.69 Å². The maximum Gasteiger partial charge on any atom is 0.316 e. The summed E-state index contributed by atoms with van der Waals surface area (Å²) in [5.41, 5.74) is 2.39. The van der Waals surface area contributed by atoms with Crippen LogP contribution in [-0.2, 0) is 32.7 Å². The molecule has 300 valence electrons. The molecule has 5 aromatic rings. The van der Waals surface area contributed by atoms with Crippen LogP contribution in [0.2, 0.25) is 0 Å². The second-order valence-electron chi connectivity index (χ2n) is 14.8. The molecule has 4 aromatic carbocycles. The molecule has 0 radical (unpaired) electrons. The van der Waals surface area contributed by atoms with Crippen molar-refractivity contribution in [2.24, 2.45) is 15.6 Å². The Labute approximate surface area is 336 Å². The summed E-state index contributed by atoms with van der Waals surface area (Å²) in [6.45, 7) is 13.2. The third-order valence-corrected chi connectivity index (χ3v) is 9.82. The van der Waals surface area contributed by atoms with E-state index >= 15 is 0 Å². The van der Waals surface area contributed by atoms with E-state index in [1.165, 1.54) is 42.1 Å². The van der Waals surface area contributed by atoms with Crippen molar-refractivity contribution in [3.8, 4) is 34.8 Å². The number of azo groups is 1. The smallest absolute Gasteiger partial charge is 0.316 e. The lowest BCUT2D eigenvalue weighted by atomic mass is 9.71. The number of aromatic amines is 1. The van der Waals surface area contributed by atoms with Gasteiger partial charge in [0.2, 0.25) is 0 Å². The van der Waals surface area contributed by atoms with Crippen molar-refractivity contribution >= 4 is 45.3 Å². The van der Waals surface area contributed by atoms with E-state index in [2.05, 4.69) is 59.4 Å². The van der Waals surface area contributed by atoms with Gasteiger partial charge in [0.05, 0.1) is 29.4 Å². The molecule has 0 bridgehead atoms. The highest BCUT2D eigenvalue weighted by molar-refractivity contribution is 7.82. The summed E-state index contributed by atoms with van der Waals surface area (Å²) in [6, 6.07) is 24.7. The van der Waals surface area contributed by atoms with Crippen LogP contribution in [0, 0.1) is 23.7 Å². The molecular weight excluding hydrogens is 771 g/mol. The number of aromatic nitrogens is 2. The predicted molar refractivity (Wildman–Crippen MR) is 220 cm³/mol. The SMILES string of the molecule is COCCOc1ccc(NS(=O)Oc2ccc(N=Nc3c(C#N)[nH]n(-c4ccccc4)c3=O)cc2)cc1OS(=O)Nc1cc(C)c(C(C)(C)CC(C)(C)C)cc1O. The second-order valence-corrected chi connectivity index (χ2v) is 16.4. The van der Waals surface area contributed by atoms with E-state index in [9.17, 15) is 23.6 Å². The standard InChI is InChI=1S/C40H45N7O8S2/c1-26-21-32(34(48)23-31(26)40(5,6)25-39(2,3)4)46-57(51)55-36-22-28(15-18-35(36)53-20-19-52-7)45-56(50)54-30-16-13-27(14-17-30)42-43-37-33(24-41)44-47(38(37)49)29-11-9-8-10-12-29/h8-18,21-23,44-46,48H,19-20,25H2,1-7H3. The Balaban J connectivity index is 1.25. The average molecular weight is 816 g/mol. The molecule has 2 unspecified atom stereocenters. The molecule has 2 atom stereocenters. The Bertz CT molecular complexity index is 2360. The number of anilines is 2. The first-order chi connectivity index (χ1) is 27.1. The molecule has 5 rings (SSSR count). The highest BCUT2D eigenvalue weighted by Crippen LogP contribution is 2.41. The van der Waals surface area contributed by atoms with Crippen molar-refractivity contribution in [1.82, 2.24) is 9.78 Å². The number of hydrogen-bond donors (Lipinski definition) is 4. The lowest BCUT2D eigenvalue weighted by Gasteiger charge is -2.34. The van der Waals surface area contributed by atoms with E-state index in [0.717, 1.165) is 17.5 Å². The topological polar surface area (TPSA) is 202 Å². The molecule has 15 nitrogen and oxygen atoms in total. The second kappa shape index (κ2) is 18.3. The fraction of sp³-hybridized carbons (Fsp3) is 0.300. The number of aryl methyl sites for hydroxylation is 1. The van der Waals surface area contributed by atoms with E-state index in [0.29, 0.717) is 11.4 Å². The van der Waals surface area contributed by atoms with Gasteiger partial charge >= 0.3 is 22.5 Å². The third kappa shape index (κ3) is 11.3. The number of H-pyrrole nitrogens is 1. The Morgan fingerprint density at radius 1 is 0.877 bits per heavy atom. The molecule has 0 aliphatic heterocycles. The van der Waals surface area contributed by atoms with E-state index in [-0.39, 0.29) is 69.8 Å². The number of para-hydroxylation sites is 1. The zero-order valence-corrected chi connectivity index (χ0v) is 34.2. The van der Waals surface area contributed by atoms with Crippen LogP contribution >= 0.6 is 0 Å². The molecule has 4 N–H and O–H groups in total. The van der Waals surface area contributed by atoms with E-state index in [4.69, 9.17) is 17.8 Å². The number of nitriles is 1. The molecular formula is C40H45N7O8S2. The molecule has 0 spiro atoms. The summed E-state index contributed by atoms with van der Waals surface area (Å²) in [5.74, 6) is 0.427. The maximum atomic E-state index is 13.3. The van der Waals surface area contributed by atoms with Crippen molar-refractivity contribution in [3.05, 3.63) is 112 Å². The van der Waals surface area contributed by atoms with Crippen LogP contribution in [0.5, 0.6) is 23.0 Å². The van der Waals surface area contributed by atoms with Gasteiger partial charge in [-0.25, -0.2) is 4.68 Å². The summed E-state index contributed by atoms with van der Waals surface area (Å²) >= 11 is -4.29. The molecule has 57 heavy (non-hydrogen) atoms. The molecule has 1 aromatic heterocycles. The van der Waals surface area contributed by atoms with Gasteiger partial charge in [-0.05, 0) is 96.0 Å². The molecule has 0 aliphatic rings. The average Bonchev–Trinajstić information content (AvgIpc) is 3.47. The fourth-order valence-corrected chi connectivity index (χ4v) is 7.68. The van der Waals surface area contributed by atoms with Crippen LogP contribution in [-0.4, -0.2) is 43.6 Å². The van der Waals surface area contributed by atoms with E-state index < -0.39 is 28.1 Å². The minimum atomic E-state index is -2.19. The number of rotatable bonds is 17. The zero-order chi connectivity index (χ0) is 41.3. The maximum absolute atomic E-state index is 13.3. The quantitative estimate of drug-likeness (QED) is 0.0404. The summed E-state index contributed by atoms with van der Waals surface area (Å²) in [7, 11) is 1.53. The van der Waals surface area contributed by atoms with Gasteiger partial charge in [0.25, 0.3) is 5.56 Å². The summed E-state index contributed by atoms with van der Waals surface area (Å²) in [5, 5.41) is 31.3. The number of hydrogen-bond acceptors (Lipinski definition) is 11. The van der Waals surface area contributed by atoms with Gasteiger partial charge in [0, 0.05) is 13.2 Å². The van der Waals surface area contributed by atoms with Crippen LogP contribution in [0.4, 0.5) is 22.7 Å². The van der Waals surface area contributed by atoms with E-state index in [1.54, 1.807) is 54.6 Å². The summed E-state index contributed by atoms with van der Waals surface area (Å²) in [4.78, 5) is 12.9. The Morgan fingerprint density at radius 2 is 1.58 bits per heavy atom. The predicted octanol–water partition coefficient (Wildman–Crippen LogP) is 8.34. The number of phenols is 1. The summed E-state index contributed by atoms with van der Waals surface area (Å²) in [6.07, 6.45) is 0.884. The van der Waals surface area contributed by atoms with Crippen molar-refractivity contribution in [1.29, 1.82) is 5.26 Å². The van der Waals surface area contributed by atoms with Crippen molar-refractivity contribution < 1.29 is 31.4 Å². The molecule has 0 amide bonds. The van der Waals surface area contributed by atoms with Crippen LogP contribution in [0.3, 0.4) is 0 Å². The number of ether oxygens (including phenoxy) is 2. The number of nitrogens with zero attached hydrogens (tertiary/aromatic N) is 4. The van der Waals surface area contributed by atoms with Crippen molar-refractivity contribution in [2.75, 3.05) is 29.8 Å². The molecule has 0 aliphatic carbocycles. The largest absolute Gasteiger partial charge is 0.506 e. The van der Waals surface area contributed by atoms with Crippen LogP contribution in [0.1, 0.15) is 57.9 Å². The van der Waals surface area contributed by atoms with Gasteiger partial charge in [-0.15, -0.1) is 5.11 Å². The highest BCUT2D eigenvalue weighted by atomic mass is 32.2. The highest BCUT2D eigenvalue weighted by Gasteiger charge is 2.29. The van der Waals surface area contributed by atoms with Gasteiger partial charge in [-0.1, -0.05) is 52.8 Å². The van der Waals surface area contributed by atoms with E-state index in [1.807, 2.05) is 13.0 Å². The van der Waals surface area contributed by atoms with Crippen LogP contribution < -0.4 is 28.1 Å². The fourth-order valence-electron chi connectivity index (χ4n) is 6.35. The Morgan fingerprint density at radius 3 is 2.25 bits per heavy atom. The van der Waals surface area contributed by atoms with Crippen molar-refractivity contribution in [2.45, 2.75) is 53.4 Å². The molecule has 0 saturated heterocycles. The molecule has 0 fully saturated rings. The van der Waals surface area contributed by atoms with Gasteiger partial charge in [0.1, 0.15) is 24.2 Å². The zero-order valence-electron chi connectivity index (χ0n) is 32.6. The number of nitrogens with one attached hydrogen (secondary N) is 3. The van der Waals surface area contributed by atoms with Gasteiger partial charge in [0.15, 0.2) is 22.9 Å². The third-order valence-electron chi connectivity index (χ3n) is 8.36. The Kier molecular flexibility index (Phi) is 13.6. The first-order valence-corrected chi connectivity index (χ1v) is 19.9. The molecule has 17 heteroatoms. The summed E-state index contributed by atoms with van der Waals surface area (Å²) < 4.78 is 55.0. The Hall–Kier alpha value is -5.96. The molecule has 1 heterocycles. The van der Waals surface area contributed by atoms with Gasteiger partial charge in [-0.3, -0.25) is 19.3 Å².